The summed E-state index contributed by atoms with van der Waals surface area (Å²) in [6.07, 6.45) is 1.79. The lowest BCUT2D eigenvalue weighted by molar-refractivity contribution is 0.398. The molecule has 0 unspecified atom stereocenters. The maximum absolute atomic E-state index is 5.11. The number of ether oxygens (including phenoxy) is 2. The predicted octanol–water partition coefficient (Wildman–Crippen LogP) is 2.77. The van der Waals surface area contributed by atoms with Gasteiger partial charge >= 0.3 is 0 Å². The van der Waals surface area contributed by atoms with Gasteiger partial charge in [-0.05, 0) is 23.8 Å². The lowest BCUT2D eigenvalue weighted by Gasteiger charge is -2.04. The number of nitrogens with zero attached hydrogens (tertiary/aromatic N) is 1. The molecular formula is C13H13NO2. The number of hydrogen-bond donors (Lipinski definition) is 0. The van der Waals surface area contributed by atoms with Crippen molar-refractivity contribution in [2.75, 3.05) is 14.2 Å². The monoisotopic (exact) mass is 215 g/mol. The van der Waals surface area contributed by atoms with Crippen molar-refractivity contribution in [3.8, 4) is 22.8 Å². The lowest BCUT2D eigenvalue weighted by Crippen LogP contribution is -1.87. The number of aromatic nitrogens is 1. The van der Waals surface area contributed by atoms with Crippen molar-refractivity contribution in [2.45, 2.75) is 0 Å². The Kier molecular flexibility index (Phi) is 3.05. The molecule has 0 spiro atoms. The third kappa shape index (κ3) is 2.14. The van der Waals surface area contributed by atoms with Gasteiger partial charge in [-0.3, -0.25) is 0 Å². The molecule has 82 valence electrons. The molecule has 0 aliphatic rings. The first-order valence-corrected chi connectivity index (χ1v) is 4.98. The van der Waals surface area contributed by atoms with Gasteiger partial charge in [0.25, 0.3) is 0 Å². The van der Waals surface area contributed by atoms with E-state index in [1.807, 2.05) is 36.4 Å². The summed E-state index contributed by atoms with van der Waals surface area (Å²) in [7, 11) is 3.26. The molecule has 1 aromatic carbocycles. The highest BCUT2D eigenvalue weighted by Crippen LogP contribution is 2.22. The third-order valence-electron chi connectivity index (χ3n) is 2.37. The second-order valence-electron chi connectivity index (χ2n) is 3.32. The van der Waals surface area contributed by atoms with Crippen LogP contribution in [-0.4, -0.2) is 19.2 Å². The largest absolute Gasteiger partial charge is 0.497 e. The van der Waals surface area contributed by atoms with Crippen LogP contribution in [0.1, 0.15) is 0 Å². The van der Waals surface area contributed by atoms with E-state index in [4.69, 9.17) is 9.47 Å². The summed E-state index contributed by atoms with van der Waals surface area (Å²) in [4.78, 5) is 4.16. The number of hydrogen-bond acceptors (Lipinski definition) is 3. The molecule has 0 bridgehead atoms. The Balaban J connectivity index is 2.28. The molecule has 0 fully saturated rings. The van der Waals surface area contributed by atoms with Crippen molar-refractivity contribution in [3.05, 3.63) is 42.6 Å². The Morgan fingerprint density at radius 1 is 0.812 bits per heavy atom. The van der Waals surface area contributed by atoms with Crippen LogP contribution >= 0.6 is 0 Å². The van der Waals surface area contributed by atoms with Gasteiger partial charge in [0.05, 0.1) is 14.2 Å². The highest BCUT2D eigenvalue weighted by molar-refractivity contribution is 5.63. The van der Waals surface area contributed by atoms with Crippen LogP contribution in [0.5, 0.6) is 11.6 Å². The first-order valence-electron chi connectivity index (χ1n) is 4.98. The van der Waals surface area contributed by atoms with Gasteiger partial charge in [-0.1, -0.05) is 12.1 Å². The Morgan fingerprint density at radius 2 is 1.50 bits per heavy atom. The van der Waals surface area contributed by atoms with E-state index >= 15 is 0 Å². The molecule has 0 aliphatic carbocycles. The fourth-order valence-corrected chi connectivity index (χ4v) is 1.46. The third-order valence-corrected chi connectivity index (χ3v) is 2.37. The Hall–Kier alpha value is -2.03. The molecule has 0 aliphatic heterocycles. The first kappa shape index (κ1) is 10.5. The molecule has 0 saturated carbocycles. The van der Waals surface area contributed by atoms with Gasteiger partial charge in [0.1, 0.15) is 5.75 Å². The van der Waals surface area contributed by atoms with Crippen molar-refractivity contribution in [1.82, 2.24) is 4.98 Å². The Morgan fingerprint density at radius 3 is 2.00 bits per heavy atom. The topological polar surface area (TPSA) is 31.4 Å². The van der Waals surface area contributed by atoms with Crippen LogP contribution in [0, 0.1) is 0 Å². The fourth-order valence-electron chi connectivity index (χ4n) is 1.46. The van der Waals surface area contributed by atoms with Gasteiger partial charge in [-0.15, -0.1) is 0 Å². The van der Waals surface area contributed by atoms with Crippen molar-refractivity contribution in [3.63, 3.8) is 0 Å². The van der Waals surface area contributed by atoms with Crippen molar-refractivity contribution in [2.24, 2.45) is 0 Å². The summed E-state index contributed by atoms with van der Waals surface area (Å²) in [6, 6.07) is 11.7. The van der Waals surface area contributed by atoms with Gasteiger partial charge in [-0.25, -0.2) is 4.98 Å². The number of pyridine rings is 1. The molecule has 3 nitrogen and oxygen atoms in total. The molecule has 0 radical (unpaired) electrons. The Bertz CT molecular complexity index is 403. The van der Waals surface area contributed by atoms with Gasteiger partial charge in [-0.2, -0.15) is 0 Å². The molecule has 1 aromatic heterocycles. The van der Waals surface area contributed by atoms with E-state index in [2.05, 4.69) is 4.98 Å². The smallest absolute Gasteiger partial charge is 0.212 e. The van der Waals surface area contributed by atoms with E-state index in [0.29, 0.717) is 5.88 Å². The minimum Gasteiger partial charge on any atom is -0.497 e. The normalized spacial score (nSPS) is 9.88. The quantitative estimate of drug-likeness (QED) is 0.788. The summed E-state index contributed by atoms with van der Waals surface area (Å²) in [5.74, 6) is 1.47. The number of methoxy groups -OCH3 is 2. The maximum atomic E-state index is 5.11. The molecule has 16 heavy (non-hydrogen) atoms. The van der Waals surface area contributed by atoms with Gasteiger partial charge < -0.3 is 9.47 Å². The SMILES string of the molecule is COc1ccc(-c2ccc(OC)nc2)cc1. The minimum atomic E-state index is 0.622. The van der Waals surface area contributed by atoms with Crippen LogP contribution < -0.4 is 9.47 Å². The van der Waals surface area contributed by atoms with Crippen molar-refractivity contribution in [1.29, 1.82) is 0 Å². The average molecular weight is 215 g/mol. The molecule has 2 rings (SSSR count). The highest BCUT2D eigenvalue weighted by Gasteiger charge is 1.99. The van der Waals surface area contributed by atoms with E-state index in [1.54, 1.807) is 20.4 Å². The first-order chi connectivity index (χ1) is 7.83. The second kappa shape index (κ2) is 4.66. The highest BCUT2D eigenvalue weighted by atomic mass is 16.5. The van der Waals surface area contributed by atoms with Gasteiger partial charge in [0, 0.05) is 17.8 Å². The van der Waals surface area contributed by atoms with Crippen LogP contribution in [0.3, 0.4) is 0 Å². The standard InChI is InChI=1S/C13H13NO2/c1-15-12-6-3-10(4-7-12)11-5-8-13(16-2)14-9-11/h3-9H,1-2H3. The van der Waals surface area contributed by atoms with Crippen LogP contribution in [0.25, 0.3) is 11.1 Å². The molecule has 0 N–H and O–H groups in total. The molecular weight excluding hydrogens is 202 g/mol. The molecule has 2 aromatic rings. The van der Waals surface area contributed by atoms with Crippen molar-refractivity contribution < 1.29 is 9.47 Å². The molecule has 0 saturated heterocycles. The molecule has 3 heteroatoms. The van der Waals surface area contributed by atoms with Gasteiger partial charge in [0.15, 0.2) is 0 Å². The van der Waals surface area contributed by atoms with Crippen LogP contribution in [0.15, 0.2) is 42.6 Å². The van der Waals surface area contributed by atoms with E-state index < -0.39 is 0 Å². The predicted molar refractivity (Wildman–Crippen MR) is 62.8 cm³/mol. The summed E-state index contributed by atoms with van der Waals surface area (Å²) in [5.41, 5.74) is 2.17. The van der Waals surface area contributed by atoms with Crippen LogP contribution in [-0.2, 0) is 0 Å². The van der Waals surface area contributed by atoms with E-state index in [9.17, 15) is 0 Å². The summed E-state index contributed by atoms with van der Waals surface area (Å²) in [6.45, 7) is 0. The molecule has 1 heterocycles. The van der Waals surface area contributed by atoms with Crippen molar-refractivity contribution >= 4 is 0 Å². The maximum Gasteiger partial charge on any atom is 0.212 e. The zero-order valence-electron chi connectivity index (χ0n) is 9.31. The van der Waals surface area contributed by atoms with Crippen LogP contribution in [0.2, 0.25) is 0 Å². The summed E-state index contributed by atoms with van der Waals surface area (Å²) in [5, 5.41) is 0. The number of benzene rings is 1. The average Bonchev–Trinajstić information content (AvgIpc) is 2.39. The Labute approximate surface area is 94.7 Å². The van der Waals surface area contributed by atoms with Gasteiger partial charge in [0.2, 0.25) is 5.88 Å². The minimum absolute atomic E-state index is 0.622. The molecule has 0 atom stereocenters. The van der Waals surface area contributed by atoms with E-state index in [0.717, 1.165) is 16.9 Å². The summed E-state index contributed by atoms with van der Waals surface area (Å²) >= 11 is 0. The van der Waals surface area contributed by atoms with E-state index in [-0.39, 0.29) is 0 Å². The summed E-state index contributed by atoms with van der Waals surface area (Å²) < 4.78 is 10.1. The van der Waals surface area contributed by atoms with E-state index in [1.165, 1.54) is 0 Å². The lowest BCUT2D eigenvalue weighted by atomic mass is 10.1. The number of rotatable bonds is 3. The fraction of sp³-hybridized carbons (Fsp3) is 0.154. The zero-order chi connectivity index (χ0) is 11.4. The second-order valence-corrected chi connectivity index (χ2v) is 3.32. The molecule has 0 amide bonds. The zero-order valence-corrected chi connectivity index (χ0v) is 9.31. The van der Waals surface area contributed by atoms with Crippen LogP contribution in [0.4, 0.5) is 0 Å².